The van der Waals surface area contributed by atoms with Crippen molar-refractivity contribution in [1.29, 1.82) is 0 Å². The second-order valence-corrected chi connectivity index (χ2v) is 8.33. The minimum absolute atomic E-state index is 0.0798. The van der Waals surface area contributed by atoms with Gasteiger partial charge in [-0.25, -0.2) is 4.98 Å². The molecule has 4 aromatic rings. The Labute approximate surface area is 192 Å². The van der Waals surface area contributed by atoms with Crippen LogP contribution in [0.3, 0.4) is 0 Å². The summed E-state index contributed by atoms with van der Waals surface area (Å²) in [7, 11) is 6.12. The first kappa shape index (κ1) is 20.6. The Kier molecular flexibility index (Phi) is 5.58. The maximum absolute atomic E-state index is 12.7. The smallest absolute Gasteiger partial charge is 0.253 e. The predicted molar refractivity (Wildman–Crippen MR) is 128 cm³/mol. The van der Waals surface area contributed by atoms with Gasteiger partial charge in [0, 0.05) is 47.5 Å². The summed E-state index contributed by atoms with van der Waals surface area (Å²) in [5.41, 5.74) is 3.39. The highest BCUT2D eigenvalue weighted by Gasteiger charge is 2.24. The van der Waals surface area contributed by atoms with Crippen LogP contribution in [-0.2, 0) is 0 Å². The monoisotopic (exact) mass is 441 g/mol. The number of halogens is 1. The third-order valence-electron chi connectivity index (χ3n) is 5.80. The molecule has 1 amide bonds. The number of likely N-dealkylation sites (tertiary alicyclic amines) is 1. The molecule has 1 aliphatic heterocycles. The van der Waals surface area contributed by atoms with Gasteiger partial charge < -0.3 is 10.2 Å². The van der Waals surface area contributed by atoms with Crippen molar-refractivity contribution in [2.75, 3.05) is 18.4 Å². The highest BCUT2D eigenvalue weighted by Crippen LogP contribution is 2.29. The van der Waals surface area contributed by atoms with Crippen LogP contribution >= 0.6 is 11.6 Å². The van der Waals surface area contributed by atoms with Crippen LogP contribution in [0.15, 0.2) is 66.9 Å². The van der Waals surface area contributed by atoms with Crippen molar-refractivity contribution >= 4 is 42.3 Å². The highest BCUT2D eigenvalue weighted by molar-refractivity contribution is 6.36. The van der Waals surface area contributed by atoms with Gasteiger partial charge in [-0.3, -0.25) is 4.79 Å². The van der Waals surface area contributed by atoms with Gasteiger partial charge in [0.2, 0.25) is 0 Å². The molecule has 3 heterocycles. The summed E-state index contributed by atoms with van der Waals surface area (Å²) in [6.45, 7) is 1.39. The molecule has 1 fully saturated rings. The van der Waals surface area contributed by atoms with Gasteiger partial charge in [0.15, 0.2) is 5.65 Å². The molecular formula is C24H21BClN5O. The van der Waals surface area contributed by atoms with E-state index in [9.17, 15) is 4.79 Å². The number of anilines is 1. The first-order valence-electron chi connectivity index (χ1n) is 10.6. The van der Waals surface area contributed by atoms with Crippen LogP contribution in [0.2, 0.25) is 5.02 Å². The zero-order valence-electron chi connectivity index (χ0n) is 17.4. The SMILES string of the molecule is [B]c1cnn2c(NC3CCN(C(=O)c4ccccc4)CC3)cc(-c3ccccc3Cl)nc12. The molecule has 158 valence electrons. The molecule has 1 N–H and O–H groups in total. The van der Waals surface area contributed by atoms with Gasteiger partial charge in [0.25, 0.3) is 5.91 Å². The van der Waals surface area contributed by atoms with Gasteiger partial charge in [-0.2, -0.15) is 9.61 Å². The molecule has 1 saturated heterocycles. The fourth-order valence-electron chi connectivity index (χ4n) is 4.09. The second-order valence-electron chi connectivity index (χ2n) is 7.92. The molecule has 2 aromatic carbocycles. The average molecular weight is 442 g/mol. The molecule has 5 rings (SSSR count). The number of benzene rings is 2. The number of aromatic nitrogens is 3. The van der Waals surface area contributed by atoms with Crippen LogP contribution in [0.25, 0.3) is 16.9 Å². The van der Waals surface area contributed by atoms with Crippen molar-refractivity contribution in [3.63, 3.8) is 0 Å². The largest absolute Gasteiger partial charge is 0.367 e. The second kappa shape index (κ2) is 8.67. The Hall–Kier alpha value is -3.32. The maximum atomic E-state index is 12.7. The summed E-state index contributed by atoms with van der Waals surface area (Å²) >= 11 is 6.41. The van der Waals surface area contributed by atoms with Crippen molar-refractivity contribution < 1.29 is 4.79 Å². The molecule has 6 nitrogen and oxygen atoms in total. The van der Waals surface area contributed by atoms with Crippen LogP contribution in [0.4, 0.5) is 5.82 Å². The number of fused-ring (bicyclic) bond motifs is 1. The van der Waals surface area contributed by atoms with E-state index in [0.717, 1.165) is 35.5 Å². The molecule has 0 atom stereocenters. The highest BCUT2D eigenvalue weighted by atomic mass is 35.5. The van der Waals surface area contributed by atoms with Gasteiger partial charge in [0.1, 0.15) is 13.7 Å². The van der Waals surface area contributed by atoms with E-state index in [0.29, 0.717) is 29.2 Å². The van der Waals surface area contributed by atoms with Gasteiger partial charge >= 0.3 is 0 Å². The van der Waals surface area contributed by atoms with Crippen LogP contribution in [0.5, 0.6) is 0 Å². The van der Waals surface area contributed by atoms with E-state index < -0.39 is 0 Å². The standard InChI is InChI=1S/C24H21BClN5O/c25-19-15-27-31-22(14-21(29-23(19)31)18-8-4-5-9-20(18)26)28-17-10-12-30(13-11-17)24(32)16-6-2-1-3-7-16/h1-9,14-15,17,28H,10-13H2. The normalized spacial score (nSPS) is 14.6. The molecule has 0 saturated carbocycles. The zero-order valence-corrected chi connectivity index (χ0v) is 18.2. The molecule has 2 aromatic heterocycles. The van der Waals surface area contributed by atoms with Crippen LogP contribution in [0, 0.1) is 0 Å². The lowest BCUT2D eigenvalue weighted by Gasteiger charge is -2.33. The molecule has 0 aliphatic carbocycles. The summed E-state index contributed by atoms with van der Waals surface area (Å²) in [6.07, 6.45) is 3.27. The minimum Gasteiger partial charge on any atom is -0.367 e. The Morgan fingerprint density at radius 1 is 1.06 bits per heavy atom. The Balaban J connectivity index is 1.37. The topological polar surface area (TPSA) is 62.5 Å². The van der Waals surface area contributed by atoms with Crippen molar-refractivity contribution in [3.05, 3.63) is 77.4 Å². The van der Waals surface area contributed by atoms with Gasteiger partial charge in [-0.05, 0) is 36.5 Å². The number of carbonyl (C=O) groups is 1. The molecule has 0 spiro atoms. The number of amides is 1. The molecule has 32 heavy (non-hydrogen) atoms. The molecule has 8 heteroatoms. The summed E-state index contributed by atoms with van der Waals surface area (Å²) in [5.74, 6) is 0.880. The van der Waals surface area contributed by atoms with E-state index in [1.807, 2.05) is 65.6 Å². The Morgan fingerprint density at radius 2 is 1.78 bits per heavy atom. The van der Waals surface area contributed by atoms with E-state index in [1.54, 1.807) is 10.7 Å². The molecule has 0 bridgehead atoms. The number of rotatable bonds is 4. The number of nitrogens with zero attached hydrogens (tertiary/aromatic N) is 4. The summed E-state index contributed by atoms with van der Waals surface area (Å²) < 4.78 is 1.72. The fourth-order valence-corrected chi connectivity index (χ4v) is 4.32. The van der Waals surface area contributed by atoms with Gasteiger partial charge in [-0.15, -0.1) is 0 Å². The molecule has 2 radical (unpaired) electrons. The number of nitrogens with one attached hydrogen (secondary N) is 1. The number of piperidine rings is 1. The van der Waals surface area contributed by atoms with Crippen LogP contribution in [0.1, 0.15) is 23.2 Å². The van der Waals surface area contributed by atoms with Crippen LogP contribution in [-0.4, -0.2) is 52.4 Å². The zero-order chi connectivity index (χ0) is 22.1. The first-order valence-corrected chi connectivity index (χ1v) is 11.0. The third kappa shape index (κ3) is 3.96. The lowest BCUT2D eigenvalue weighted by molar-refractivity contribution is 0.0718. The van der Waals surface area contributed by atoms with E-state index in [4.69, 9.17) is 19.4 Å². The molecular weight excluding hydrogens is 421 g/mol. The molecule has 0 unspecified atom stereocenters. The number of hydrogen-bond acceptors (Lipinski definition) is 4. The molecule has 1 aliphatic rings. The summed E-state index contributed by atoms with van der Waals surface area (Å²) in [4.78, 5) is 19.3. The van der Waals surface area contributed by atoms with Crippen molar-refractivity contribution in [1.82, 2.24) is 19.5 Å². The summed E-state index contributed by atoms with van der Waals surface area (Å²) in [6, 6.07) is 19.2. The lowest BCUT2D eigenvalue weighted by Crippen LogP contribution is -2.42. The average Bonchev–Trinajstić information content (AvgIpc) is 3.21. The summed E-state index contributed by atoms with van der Waals surface area (Å²) in [5, 5.41) is 8.61. The Bertz CT molecular complexity index is 1270. The van der Waals surface area contributed by atoms with Gasteiger partial charge in [0.05, 0.1) is 5.69 Å². The first-order chi connectivity index (χ1) is 15.6. The van der Waals surface area contributed by atoms with E-state index in [1.165, 1.54) is 0 Å². The van der Waals surface area contributed by atoms with Crippen LogP contribution < -0.4 is 10.8 Å². The van der Waals surface area contributed by atoms with Crippen molar-refractivity contribution in [2.45, 2.75) is 18.9 Å². The maximum Gasteiger partial charge on any atom is 0.253 e. The number of carbonyl (C=O) groups excluding carboxylic acids is 1. The lowest BCUT2D eigenvalue weighted by atomic mass is 10.0. The quantitative estimate of drug-likeness (QED) is 0.492. The van der Waals surface area contributed by atoms with E-state index in [-0.39, 0.29) is 11.9 Å². The van der Waals surface area contributed by atoms with E-state index in [2.05, 4.69) is 15.4 Å². The van der Waals surface area contributed by atoms with Crippen molar-refractivity contribution in [3.8, 4) is 11.3 Å². The van der Waals surface area contributed by atoms with Gasteiger partial charge in [-0.1, -0.05) is 48.0 Å². The van der Waals surface area contributed by atoms with Crippen molar-refractivity contribution in [2.24, 2.45) is 0 Å². The fraction of sp³-hybridized carbons (Fsp3) is 0.208. The number of hydrogen-bond donors (Lipinski definition) is 1. The third-order valence-corrected chi connectivity index (χ3v) is 6.13. The predicted octanol–water partition coefficient (Wildman–Crippen LogP) is 3.56. The minimum atomic E-state index is 0.0798. The Morgan fingerprint density at radius 3 is 2.53 bits per heavy atom. The van der Waals surface area contributed by atoms with E-state index >= 15 is 0 Å².